The lowest BCUT2D eigenvalue weighted by Crippen LogP contribution is -2.37. The third-order valence-electron chi connectivity index (χ3n) is 3.35. The first-order chi connectivity index (χ1) is 10.2. The molecule has 0 bridgehead atoms. The largest absolute Gasteiger partial charge is 0.493 e. The van der Waals surface area contributed by atoms with E-state index in [2.05, 4.69) is 24.5 Å². The molecule has 21 heavy (non-hydrogen) atoms. The van der Waals surface area contributed by atoms with Gasteiger partial charge in [0.25, 0.3) is 5.91 Å². The first-order valence-electron chi connectivity index (χ1n) is 7.38. The molecule has 0 aliphatic heterocycles. The molecule has 5 nitrogen and oxygen atoms in total. The number of carbonyl (C=O) groups is 1. The van der Waals surface area contributed by atoms with E-state index in [1.165, 1.54) is 0 Å². The summed E-state index contributed by atoms with van der Waals surface area (Å²) in [5, 5.41) is 6.03. The van der Waals surface area contributed by atoms with Gasteiger partial charge in [-0.25, -0.2) is 0 Å². The van der Waals surface area contributed by atoms with Crippen molar-refractivity contribution < 1.29 is 14.3 Å². The summed E-state index contributed by atoms with van der Waals surface area (Å²) in [6.07, 6.45) is 1.84. The fourth-order valence-electron chi connectivity index (χ4n) is 2.12. The van der Waals surface area contributed by atoms with E-state index in [1.807, 2.05) is 25.2 Å². The molecule has 0 radical (unpaired) electrons. The van der Waals surface area contributed by atoms with Gasteiger partial charge in [0.15, 0.2) is 18.1 Å². The SMILES string of the molecule is CCC(CC)NC(=O)COc1c(CNC)cccc1OC. The summed E-state index contributed by atoms with van der Waals surface area (Å²) < 4.78 is 11.0. The van der Waals surface area contributed by atoms with Crippen molar-refractivity contribution in [3.05, 3.63) is 23.8 Å². The van der Waals surface area contributed by atoms with Crippen molar-refractivity contribution >= 4 is 5.91 Å². The van der Waals surface area contributed by atoms with E-state index < -0.39 is 0 Å². The summed E-state index contributed by atoms with van der Waals surface area (Å²) in [4.78, 5) is 11.9. The highest BCUT2D eigenvalue weighted by Crippen LogP contribution is 2.30. The molecule has 0 unspecified atom stereocenters. The zero-order valence-corrected chi connectivity index (χ0v) is 13.4. The van der Waals surface area contributed by atoms with E-state index in [-0.39, 0.29) is 18.6 Å². The van der Waals surface area contributed by atoms with Gasteiger partial charge in [0, 0.05) is 18.2 Å². The van der Waals surface area contributed by atoms with Crippen LogP contribution >= 0.6 is 0 Å². The zero-order chi connectivity index (χ0) is 15.7. The number of amides is 1. The first kappa shape index (κ1) is 17.3. The van der Waals surface area contributed by atoms with Crippen molar-refractivity contribution in [2.75, 3.05) is 20.8 Å². The fourth-order valence-corrected chi connectivity index (χ4v) is 2.12. The summed E-state index contributed by atoms with van der Waals surface area (Å²) in [7, 11) is 3.46. The molecule has 1 aromatic carbocycles. The Morgan fingerprint density at radius 3 is 2.57 bits per heavy atom. The van der Waals surface area contributed by atoms with Crippen LogP contribution < -0.4 is 20.1 Å². The van der Waals surface area contributed by atoms with E-state index in [0.29, 0.717) is 18.0 Å². The number of nitrogens with one attached hydrogen (secondary N) is 2. The molecular weight excluding hydrogens is 268 g/mol. The summed E-state index contributed by atoms with van der Waals surface area (Å²) >= 11 is 0. The lowest BCUT2D eigenvalue weighted by atomic mass is 10.1. The number of methoxy groups -OCH3 is 1. The second kappa shape index (κ2) is 9.23. The van der Waals surface area contributed by atoms with Gasteiger partial charge in [-0.05, 0) is 26.0 Å². The Morgan fingerprint density at radius 1 is 1.29 bits per heavy atom. The van der Waals surface area contributed by atoms with Crippen LogP contribution in [-0.2, 0) is 11.3 Å². The van der Waals surface area contributed by atoms with Gasteiger partial charge >= 0.3 is 0 Å². The van der Waals surface area contributed by atoms with Gasteiger partial charge in [-0.2, -0.15) is 0 Å². The van der Waals surface area contributed by atoms with Crippen LogP contribution in [0.2, 0.25) is 0 Å². The number of rotatable bonds is 9. The average Bonchev–Trinajstić information content (AvgIpc) is 2.51. The van der Waals surface area contributed by atoms with Crippen molar-refractivity contribution in [1.29, 1.82) is 0 Å². The number of para-hydroxylation sites is 1. The number of benzene rings is 1. The highest BCUT2D eigenvalue weighted by Gasteiger charge is 2.13. The van der Waals surface area contributed by atoms with E-state index >= 15 is 0 Å². The van der Waals surface area contributed by atoms with Gasteiger partial charge in [-0.3, -0.25) is 4.79 Å². The van der Waals surface area contributed by atoms with Crippen LogP contribution in [0.4, 0.5) is 0 Å². The maximum Gasteiger partial charge on any atom is 0.258 e. The monoisotopic (exact) mass is 294 g/mol. The summed E-state index contributed by atoms with van der Waals surface area (Å²) in [5.41, 5.74) is 0.965. The molecule has 1 rings (SSSR count). The fraction of sp³-hybridized carbons (Fsp3) is 0.562. The van der Waals surface area contributed by atoms with Gasteiger partial charge in [-0.1, -0.05) is 26.0 Å². The molecule has 0 saturated heterocycles. The Labute approximate surface area is 127 Å². The van der Waals surface area contributed by atoms with E-state index in [4.69, 9.17) is 9.47 Å². The molecule has 0 aliphatic rings. The van der Waals surface area contributed by atoms with E-state index in [9.17, 15) is 4.79 Å². The lowest BCUT2D eigenvalue weighted by Gasteiger charge is -2.17. The Bertz CT molecular complexity index is 445. The Balaban J connectivity index is 2.71. The minimum Gasteiger partial charge on any atom is -0.493 e. The standard InChI is InChI=1S/C16H26N2O3/c1-5-13(6-2)18-15(19)11-21-16-12(10-17-3)8-7-9-14(16)20-4/h7-9,13,17H,5-6,10-11H2,1-4H3,(H,18,19). The van der Waals surface area contributed by atoms with Gasteiger partial charge in [-0.15, -0.1) is 0 Å². The second-order valence-electron chi connectivity index (χ2n) is 4.85. The molecule has 0 saturated carbocycles. The van der Waals surface area contributed by atoms with Crippen LogP contribution in [0.5, 0.6) is 11.5 Å². The van der Waals surface area contributed by atoms with Crippen LogP contribution in [-0.4, -0.2) is 32.7 Å². The molecule has 0 spiro atoms. The van der Waals surface area contributed by atoms with Crippen LogP contribution in [0.3, 0.4) is 0 Å². The molecular formula is C16H26N2O3. The topological polar surface area (TPSA) is 59.6 Å². The molecule has 0 aliphatic carbocycles. The third-order valence-corrected chi connectivity index (χ3v) is 3.35. The maximum atomic E-state index is 11.9. The van der Waals surface area contributed by atoms with Crippen LogP contribution in [0.25, 0.3) is 0 Å². The molecule has 0 heterocycles. The molecule has 1 amide bonds. The smallest absolute Gasteiger partial charge is 0.258 e. The summed E-state index contributed by atoms with van der Waals surface area (Å²) in [6, 6.07) is 5.89. The number of hydrogen-bond acceptors (Lipinski definition) is 4. The highest BCUT2D eigenvalue weighted by molar-refractivity contribution is 5.78. The third kappa shape index (κ3) is 5.27. The summed E-state index contributed by atoms with van der Waals surface area (Å²) in [5.74, 6) is 1.15. The molecule has 0 atom stereocenters. The molecule has 1 aromatic rings. The van der Waals surface area contributed by atoms with Gasteiger partial charge in [0.1, 0.15) is 0 Å². The average molecular weight is 294 g/mol. The van der Waals surface area contributed by atoms with Gasteiger partial charge in [0.2, 0.25) is 0 Å². The van der Waals surface area contributed by atoms with Gasteiger partial charge in [0.05, 0.1) is 7.11 Å². The first-order valence-corrected chi connectivity index (χ1v) is 7.38. The highest BCUT2D eigenvalue weighted by atomic mass is 16.5. The number of carbonyl (C=O) groups excluding carboxylic acids is 1. The predicted octanol–water partition coefficient (Wildman–Crippen LogP) is 2.10. The quantitative estimate of drug-likeness (QED) is 0.732. The Hall–Kier alpha value is -1.75. The van der Waals surface area contributed by atoms with Gasteiger partial charge < -0.3 is 20.1 Å². The second-order valence-corrected chi connectivity index (χ2v) is 4.85. The lowest BCUT2D eigenvalue weighted by molar-refractivity contribution is -0.123. The van der Waals surface area contributed by atoms with Crippen LogP contribution in [0, 0.1) is 0 Å². The zero-order valence-electron chi connectivity index (χ0n) is 13.4. The van der Waals surface area contributed by atoms with Crippen molar-refractivity contribution in [2.45, 2.75) is 39.3 Å². The normalized spacial score (nSPS) is 10.5. The van der Waals surface area contributed by atoms with Crippen molar-refractivity contribution in [1.82, 2.24) is 10.6 Å². The molecule has 2 N–H and O–H groups in total. The van der Waals surface area contributed by atoms with E-state index in [0.717, 1.165) is 18.4 Å². The molecule has 118 valence electrons. The molecule has 0 aromatic heterocycles. The van der Waals surface area contributed by atoms with E-state index in [1.54, 1.807) is 7.11 Å². The minimum atomic E-state index is -0.106. The van der Waals surface area contributed by atoms with Crippen molar-refractivity contribution in [3.8, 4) is 11.5 Å². The molecule has 0 fully saturated rings. The number of ether oxygens (including phenoxy) is 2. The van der Waals surface area contributed by atoms with Crippen LogP contribution in [0.15, 0.2) is 18.2 Å². The Morgan fingerprint density at radius 2 is 2.00 bits per heavy atom. The molecule has 5 heteroatoms. The van der Waals surface area contributed by atoms with Crippen molar-refractivity contribution in [3.63, 3.8) is 0 Å². The number of hydrogen-bond donors (Lipinski definition) is 2. The van der Waals surface area contributed by atoms with Crippen LogP contribution in [0.1, 0.15) is 32.3 Å². The minimum absolute atomic E-state index is 0.00636. The predicted molar refractivity (Wildman–Crippen MR) is 83.8 cm³/mol. The Kier molecular flexibility index (Phi) is 7.61. The summed E-state index contributed by atoms with van der Waals surface area (Å²) in [6.45, 7) is 4.76. The maximum absolute atomic E-state index is 11.9. The van der Waals surface area contributed by atoms with Crippen molar-refractivity contribution in [2.24, 2.45) is 0 Å².